The molecule has 0 N–H and O–H groups in total. The van der Waals surface area contributed by atoms with Crippen LogP contribution in [0, 0.1) is 11.3 Å². The number of benzene rings is 3. The summed E-state index contributed by atoms with van der Waals surface area (Å²) >= 11 is 0. The number of nitriles is 1. The fraction of sp³-hybridized carbons (Fsp3) is 0.321. The highest BCUT2D eigenvalue weighted by molar-refractivity contribution is 5.29. The second kappa shape index (κ2) is 12.8. The van der Waals surface area contributed by atoms with Crippen LogP contribution in [0.1, 0.15) is 47.7 Å². The molecule has 166 valence electrons. The second-order valence-electron chi connectivity index (χ2n) is 7.94. The third-order valence-corrected chi connectivity index (χ3v) is 5.74. The van der Waals surface area contributed by atoms with E-state index in [0.29, 0.717) is 13.0 Å². The summed E-state index contributed by atoms with van der Waals surface area (Å²) in [7, 11) is 1.64. The van der Waals surface area contributed by atoms with Gasteiger partial charge < -0.3 is 9.47 Å². The van der Waals surface area contributed by atoms with Crippen LogP contribution in [-0.4, -0.2) is 25.4 Å². The summed E-state index contributed by atoms with van der Waals surface area (Å²) in [6.07, 6.45) is 1.23. The molecule has 2 atom stereocenters. The van der Waals surface area contributed by atoms with Gasteiger partial charge in [0, 0.05) is 25.7 Å². The Kier molecular flexibility index (Phi) is 9.46. The normalized spacial score (nSPS) is 12.9. The Hall–Kier alpha value is -2.97. The van der Waals surface area contributed by atoms with Gasteiger partial charge in [0.1, 0.15) is 6.79 Å². The van der Waals surface area contributed by atoms with Gasteiger partial charge in [0.05, 0.1) is 19.1 Å². The molecule has 3 aromatic carbocycles. The number of rotatable bonds is 12. The topological polar surface area (TPSA) is 45.5 Å². The third-order valence-electron chi connectivity index (χ3n) is 5.74. The lowest BCUT2D eigenvalue weighted by Gasteiger charge is -2.37. The first-order valence-electron chi connectivity index (χ1n) is 11.1. The molecule has 32 heavy (non-hydrogen) atoms. The summed E-state index contributed by atoms with van der Waals surface area (Å²) < 4.78 is 10.8. The Morgan fingerprint density at radius 1 is 0.875 bits per heavy atom. The summed E-state index contributed by atoms with van der Waals surface area (Å²) in [6.45, 7) is 3.95. The minimum atomic E-state index is 0.126. The maximum absolute atomic E-state index is 9.20. The molecule has 0 spiro atoms. The molecule has 0 saturated heterocycles. The van der Waals surface area contributed by atoms with Gasteiger partial charge in [-0.05, 0) is 35.6 Å². The van der Waals surface area contributed by atoms with Crippen molar-refractivity contribution in [3.05, 3.63) is 107 Å². The average Bonchev–Trinajstić information content (AvgIpc) is 2.84. The summed E-state index contributed by atoms with van der Waals surface area (Å²) in [5.74, 6) is 0. The van der Waals surface area contributed by atoms with Gasteiger partial charge in [-0.3, -0.25) is 4.90 Å². The first kappa shape index (κ1) is 23.7. The molecule has 0 aliphatic heterocycles. The standard InChI is InChI=1S/C28H32N2O2/c1-23(26-13-7-4-8-14-26)30(21-25-10-5-3-6-11-25)28(17-19-32-22-31-2)27-15-9-12-24(20-27)16-18-29/h3-15,20,23,28H,16-17,19,21-22H2,1-2H3/t23-,28+/m0/s1. The minimum absolute atomic E-state index is 0.126. The van der Waals surface area contributed by atoms with E-state index in [1.807, 2.05) is 6.07 Å². The monoisotopic (exact) mass is 428 g/mol. The number of hydrogen-bond acceptors (Lipinski definition) is 4. The van der Waals surface area contributed by atoms with Gasteiger partial charge in [-0.25, -0.2) is 0 Å². The van der Waals surface area contributed by atoms with Crippen LogP contribution in [0.5, 0.6) is 0 Å². The van der Waals surface area contributed by atoms with E-state index in [-0.39, 0.29) is 18.9 Å². The van der Waals surface area contributed by atoms with Crippen molar-refractivity contribution in [3.63, 3.8) is 0 Å². The first-order chi connectivity index (χ1) is 15.7. The lowest BCUT2D eigenvalue weighted by molar-refractivity contribution is -0.0391. The van der Waals surface area contributed by atoms with Crippen molar-refractivity contribution in [2.24, 2.45) is 0 Å². The van der Waals surface area contributed by atoms with Gasteiger partial charge >= 0.3 is 0 Å². The van der Waals surface area contributed by atoms with E-state index < -0.39 is 0 Å². The number of hydrogen-bond donors (Lipinski definition) is 0. The Labute approximate surface area is 192 Å². The van der Waals surface area contributed by atoms with E-state index in [9.17, 15) is 5.26 Å². The van der Waals surface area contributed by atoms with E-state index in [1.165, 1.54) is 16.7 Å². The number of nitrogens with zero attached hydrogens (tertiary/aromatic N) is 2. The Balaban J connectivity index is 1.98. The van der Waals surface area contributed by atoms with Gasteiger partial charge in [0.25, 0.3) is 0 Å². The molecule has 3 rings (SSSR count). The number of ether oxygens (including phenoxy) is 2. The maximum atomic E-state index is 9.20. The van der Waals surface area contributed by atoms with Crippen molar-refractivity contribution in [3.8, 4) is 6.07 Å². The van der Waals surface area contributed by atoms with Crippen molar-refractivity contribution < 1.29 is 9.47 Å². The lowest BCUT2D eigenvalue weighted by Crippen LogP contribution is -2.32. The SMILES string of the molecule is COCOCC[C@H](c1cccc(CC#N)c1)N(Cc1ccccc1)[C@@H](C)c1ccccc1. The zero-order valence-electron chi connectivity index (χ0n) is 19.0. The van der Waals surface area contributed by atoms with Crippen LogP contribution in [0.3, 0.4) is 0 Å². The van der Waals surface area contributed by atoms with Crippen molar-refractivity contribution in [2.45, 2.75) is 38.4 Å². The van der Waals surface area contributed by atoms with Crippen LogP contribution in [0.25, 0.3) is 0 Å². The van der Waals surface area contributed by atoms with Crippen molar-refractivity contribution >= 4 is 0 Å². The zero-order chi connectivity index (χ0) is 22.6. The fourth-order valence-corrected chi connectivity index (χ4v) is 4.10. The van der Waals surface area contributed by atoms with Crippen LogP contribution in [0.2, 0.25) is 0 Å². The van der Waals surface area contributed by atoms with E-state index in [0.717, 1.165) is 18.5 Å². The Morgan fingerprint density at radius 2 is 1.53 bits per heavy atom. The zero-order valence-corrected chi connectivity index (χ0v) is 19.0. The van der Waals surface area contributed by atoms with E-state index >= 15 is 0 Å². The van der Waals surface area contributed by atoms with Crippen LogP contribution >= 0.6 is 0 Å². The molecular weight excluding hydrogens is 396 g/mol. The predicted molar refractivity (Wildman–Crippen MR) is 128 cm³/mol. The smallest absolute Gasteiger partial charge is 0.146 e. The minimum Gasteiger partial charge on any atom is -0.359 e. The van der Waals surface area contributed by atoms with Crippen molar-refractivity contribution in [2.75, 3.05) is 20.5 Å². The first-order valence-corrected chi connectivity index (χ1v) is 11.1. The molecule has 0 aliphatic carbocycles. The summed E-state index contributed by atoms with van der Waals surface area (Å²) in [6, 6.07) is 32.2. The van der Waals surface area contributed by atoms with Crippen molar-refractivity contribution in [1.29, 1.82) is 5.26 Å². The van der Waals surface area contributed by atoms with E-state index in [2.05, 4.69) is 96.8 Å². The summed E-state index contributed by atoms with van der Waals surface area (Å²) in [4.78, 5) is 2.53. The molecule has 0 saturated carbocycles. The van der Waals surface area contributed by atoms with Crippen LogP contribution in [0.4, 0.5) is 0 Å². The molecule has 0 heterocycles. The average molecular weight is 429 g/mol. The molecule has 4 nitrogen and oxygen atoms in total. The highest BCUT2D eigenvalue weighted by Crippen LogP contribution is 2.35. The highest BCUT2D eigenvalue weighted by Gasteiger charge is 2.26. The Morgan fingerprint density at radius 3 is 2.22 bits per heavy atom. The molecule has 0 aliphatic rings. The molecule has 0 radical (unpaired) electrons. The van der Waals surface area contributed by atoms with Crippen LogP contribution < -0.4 is 0 Å². The molecule has 4 heteroatoms. The predicted octanol–water partition coefficient (Wildman–Crippen LogP) is 6.07. The van der Waals surface area contributed by atoms with Gasteiger partial charge in [0.2, 0.25) is 0 Å². The quantitative estimate of drug-likeness (QED) is 0.259. The fourth-order valence-electron chi connectivity index (χ4n) is 4.10. The van der Waals surface area contributed by atoms with Gasteiger partial charge in [-0.1, -0.05) is 84.9 Å². The maximum Gasteiger partial charge on any atom is 0.146 e. The van der Waals surface area contributed by atoms with Crippen LogP contribution in [0.15, 0.2) is 84.9 Å². The summed E-state index contributed by atoms with van der Waals surface area (Å²) in [5.41, 5.74) is 4.79. The molecule has 0 bridgehead atoms. The molecule has 3 aromatic rings. The van der Waals surface area contributed by atoms with Gasteiger partial charge in [-0.15, -0.1) is 0 Å². The van der Waals surface area contributed by atoms with E-state index in [1.54, 1.807) is 7.11 Å². The van der Waals surface area contributed by atoms with Gasteiger partial charge in [0.15, 0.2) is 0 Å². The molecule has 0 fully saturated rings. The molecule has 0 aromatic heterocycles. The Bertz CT molecular complexity index is 969. The largest absolute Gasteiger partial charge is 0.359 e. The lowest BCUT2D eigenvalue weighted by atomic mass is 9.95. The second-order valence-corrected chi connectivity index (χ2v) is 7.94. The summed E-state index contributed by atoms with van der Waals surface area (Å²) in [5, 5.41) is 9.20. The van der Waals surface area contributed by atoms with Crippen LogP contribution in [-0.2, 0) is 22.4 Å². The molecular formula is C28H32N2O2. The molecule has 0 unspecified atom stereocenters. The third kappa shape index (κ3) is 6.77. The van der Waals surface area contributed by atoms with E-state index in [4.69, 9.17) is 9.47 Å². The highest BCUT2D eigenvalue weighted by atomic mass is 16.7. The van der Waals surface area contributed by atoms with Gasteiger partial charge in [-0.2, -0.15) is 5.26 Å². The number of methoxy groups -OCH3 is 1. The molecule has 0 amide bonds. The van der Waals surface area contributed by atoms with Crippen molar-refractivity contribution in [1.82, 2.24) is 4.90 Å².